The Kier molecular flexibility index (Phi) is 40.6. The van der Waals surface area contributed by atoms with E-state index < -0.39 is 66.8 Å². The third kappa shape index (κ3) is 26.5. The topological polar surface area (TPSA) is 291 Å². The third-order valence-corrected chi connectivity index (χ3v) is 21.0. The van der Waals surface area contributed by atoms with Crippen LogP contribution in [0, 0.1) is 10.8 Å². The average molecular weight is 1670 g/mol. The van der Waals surface area contributed by atoms with Gasteiger partial charge in [0.05, 0.1) is 66.1 Å². The molecule has 22 nitrogen and oxygen atoms in total. The van der Waals surface area contributed by atoms with Crippen LogP contribution in [0.5, 0.6) is 0 Å². The number of aryl methyl sites for hydroxylation is 3. The number of alkyl halides is 2. The van der Waals surface area contributed by atoms with E-state index in [1.165, 1.54) is 112 Å². The van der Waals surface area contributed by atoms with E-state index in [2.05, 4.69) is 171 Å². The normalized spacial score (nSPS) is 16.3. The number of benzene rings is 6. The fourth-order valence-electron chi connectivity index (χ4n) is 14.3. The van der Waals surface area contributed by atoms with Gasteiger partial charge in [-0.15, -0.1) is 23.2 Å². The molecule has 3 unspecified atom stereocenters. The lowest BCUT2D eigenvalue weighted by Gasteiger charge is -2.34. The van der Waals surface area contributed by atoms with Crippen molar-refractivity contribution in [1.82, 2.24) is 0 Å². The van der Waals surface area contributed by atoms with E-state index in [9.17, 15) is 38.7 Å². The second-order valence-corrected chi connectivity index (χ2v) is 29.7. The molecule has 24 heteroatoms. The third-order valence-electron chi connectivity index (χ3n) is 20.5. The molecule has 6 aliphatic carbocycles. The lowest BCUT2D eigenvalue weighted by Crippen LogP contribution is -2.44. The van der Waals surface area contributed by atoms with Crippen LogP contribution in [0.15, 0.2) is 162 Å². The average Bonchev–Trinajstić information content (AvgIpc) is 0.753. The van der Waals surface area contributed by atoms with Crippen LogP contribution in [0.2, 0.25) is 0 Å². The number of aliphatic hydroxyl groups excluding tert-OH is 3. The molecule has 0 saturated carbocycles. The molecule has 0 spiro atoms. The molecule has 0 radical (unpaired) electrons. The van der Waals surface area contributed by atoms with Gasteiger partial charge in [-0.25, -0.2) is 24.0 Å². The zero-order valence-corrected chi connectivity index (χ0v) is 66.3. The highest BCUT2D eigenvalue weighted by atomic mass is 35.5. The molecular formula is C94H118Cl2O22. The van der Waals surface area contributed by atoms with Crippen molar-refractivity contribution in [2.75, 3.05) is 111 Å². The van der Waals surface area contributed by atoms with Gasteiger partial charge in [-0.1, -0.05) is 181 Å². The fourth-order valence-corrected chi connectivity index (χ4v) is 14.5. The van der Waals surface area contributed by atoms with Gasteiger partial charge in [-0.05, 0) is 202 Å². The van der Waals surface area contributed by atoms with Crippen molar-refractivity contribution < 1.29 is 106 Å². The highest BCUT2D eigenvalue weighted by Crippen LogP contribution is 2.49. The van der Waals surface area contributed by atoms with Crippen LogP contribution in [-0.4, -0.2) is 169 Å². The van der Waals surface area contributed by atoms with Crippen LogP contribution < -0.4 is 0 Å². The summed E-state index contributed by atoms with van der Waals surface area (Å²) in [5.41, 5.74) is 15.7. The zero-order chi connectivity index (χ0) is 80.7. The molecule has 14 rings (SSSR count). The van der Waals surface area contributed by atoms with Crippen LogP contribution in [0.1, 0.15) is 176 Å². The molecule has 0 amide bonds. The van der Waals surface area contributed by atoms with Crippen molar-refractivity contribution in [2.24, 2.45) is 10.8 Å². The molecule has 118 heavy (non-hydrogen) atoms. The molecule has 640 valence electrons. The highest BCUT2D eigenvalue weighted by Gasteiger charge is 2.42. The Morgan fingerprint density at radius 2 is 0.907 bits per heavy atom. The molecule has 0 bridgehead atoms. The van der Waals surface area contributed by atoms with Gasteiger partial charge in [0.2, 0.25) is 0 Å². The Bertz CT molecular complexity index is 4550. The van der Waals surface area contributed by atoms with Crippen LogP contribution in [0.4, 0.5) is 24.0 Å². The predicted molar refractivity (Wildman–Crippen MR) is 461 cm³/mol. The highest BCUT2D eigenvalue weighted by molar-refractivity contribution is 6.23. The van der Waals surface area contributed by atoms with Crippen molar-refractivity contribution in [3.63, 3.8) is 0 Å². The summed E-state index contributed by atoms with van der Waals surface area (Å²) < 4.78 is 58.1. The van der Waals surface area contributed by atoms with Gasteiger partial charge in [-0.3, -0.25) is 9.59 Å². The monoisotopic (exact) mass is 1670 g/mol. The van der Waals surface area contributed by atoms with E-state index in [1.54, 1.807) is 6.92 Å². The fraction of sp³-hybridized carbons (Fsp3) is 0.457. The summed E-state index contributed by atoms with van der Waals surface area (Å²) in [5, 5.41) is 35.3. The first-order valence-electron chi connectivity index (χ1n) is 39.2. The van der Waals surface area contributed by atoms with E-state index in [0.717, 1.165) is 70.6 Å². The second kappa shape index (κ2) is 49.4. The number of carbonyl (C=O) groups excluding carboxylic acids is 7. The van der Waals surface area contributed by atoms with E-state index in [-0.39, 0.29) is 102 Å². The summed E-state index contributed by atoms with van der Waals surface area (Å²) in [4.78, 5) is 79.4. The molecule has 2 aliphatic heterocycles. The van der Waals surface area contributed by atoms with Crippen molar-refractivity contribution in [2.45, 2.75) is 158 Å². The number of ether oxygens (including phenoxy) is 12. The molecular weight excluding hydrogens is 1550 g/mol. The summed E-state index contributed by atoms with van der Waals surface area (Å²) in [6.07, 6.45) is 35.8. The summed E-state index contributed by atoms with van der Waals surface area (Å²) >= 11 is 11.0. The summed E-state index contributed by atoms with van der Waals surface area (Å²) in [7, 11) is 0. The summed E-state index contributed by atoms with van der Waals surface area (Å²) in [6.45, 7) is 4.49. The molecule has 6 aromatic carbocycles. The number of hydrogen-bond donors (Lipinski definition) is 3. The Morgan fingerprint density at radius 1 is 0.466 bits per heavy atom. The van der Waals surface area contributed by atoms with Crippen molar-refractivity contribution in [1.29, 1.82) is 0 Å². The number of rotatable bonds is 32. The summed E-state index contributed by atoms with van der Waals surface area (Å²) in [6, 6.07) is 29.0. The smallest absolute Gasteiger partial charge is 0.465 e. The number of aliphatic hydroxyl groups is 3. The first kappa shape index (κ1) is 96.9. The molecule has 6 aromatic rings. The van der Waals surface area contributed by atoms with Gasteiger partial charge in [0, 0.05) is 56.1 Å². The van der Waals surface area contributed by atoms with Gasteiger partial charge in [0.25, 0.3) is 0 Å². The molecule has 3 atom stereocenters. The van der Waals surface area contributed by atoms with E-state index in [0.29, 0.717) is 69.1 Å². The Hall–Kier alpha value is -9.97. The lowest BCUT2D eigenvalue weighted by atomic mass is 9.70. The minimum atomic E-state index is -1.41. The quantitative estimate of drug-likeness (QED) is 0.0116. The van der Waals surface area contributed by atoms with Gasteiger partial charge >= 0.3 is 42.7 Å². The van der Waals surface area contributed by atoms with Gasteiger partial charge in [0.1, 0.15) is 30.7 Å². The van der Waals surface area contributed by atoms with E-state index in [1.807, 2.05) is 0 Å². The van der Waals surface area contributed by atoms with E-state index >= 15 is 0 Å². The largest absolute Gasteiger partial charge is 0.508 e. The van der Waals surface area contributed by atoms with Crippen LogP contribution in [0.25, 0.3) is 44.5 Å². The second-order valence-electron chi connectivity index (χ2n) is 29.0. The molecule has 2 heterocycles. The van der Waals surface area contributed by atoms with Crippen LogP contribution in [0.3, 0.4) is 0 Å². The first-order chi connectivity index (χ1) is 55.5. The minimum absolute atomic E-state index is 0. The van der Waals surface area contributed by atoms with Gasteiger partial charge < -0.3 is 72.2 Å². The molecule has 8 aliphatic rings. The number of unbranched alkanes of at least 4 members (excludes halogenated alkanes) is 3. The van der Waals surface area contributed by atoms with Gasteiger partial charge in [0.15, 0.2) is 0 Å². The molecule has 0 aromatic heterocycles. The van der Waals surface area contributed by atoms with Crippen molar-refractivity contribution in [3.05, 3.63) is 212 Å². The maximum atomic E-state index is 12.1. The number of allylic oxidation sites excluding steroid dienone is 14. The number of carbonyl (C=O) groups is 7. The van der Waals surface area contributed by atoms with Gasteiger partial charge in [-0.2, -0.15) is 0 Å². The Balaban J connectivity index is 0.000000248. The van der Waals surface area contributed by atoms with E-state index in [4.69, 9.17) is 71.3 Å². The maximum Gasteiger partial charge on any atom is 0.508 e. The van der Waals surface area contributed by atoms with Crippen LogP contribution >= 0.6 is 23.2 Å². The van der Waals surface area contributed by atoms with Crippen molar-refractivity contribution in [3.8, 4) is 0 Å². The summed E-state index contributed by atoms with van der Waals surface area (Å²) in [5.74, 6) is 0.376. The zero-order valence-electron chi connectivity index (χ0n) is 64.8. The number of halogens is 2. The maximum absolute atomic E-state index is 12.1. The Morgan fingerprint density at radius 3 is 1.41 bits per heavy atom. The molecule has 3 N–H and O–H groups in total. The number of esters is 2. The standard InChI is InChI=1S/C33H39ClO9.C24H26O4.C20H18O.C9H13ClO5.C4H6O3.4CH4/c1-33(21-35,30(36)39-18-5-16-34)22-43-32(38)42-20-6-19-41-31(37)40-17-3-2-7-23-10-11-26-13-12-24-8-4-9-25-14-15-27(23)29(26)28(24)25;25-14-4-16-28-24(26)27-15-2-1-5-17-8-9-20-11-10-18-6-3-7-19-12-13-21(17)23(20)22(18)19;21-13-2-1-4-14-7-8-17-10-9-15-5-3-6-16-11-12-18(14)20(17)19(15)16;1-9(5-14-8(12)15-6-9)7(11)13-4-2-3-10;5-4-6-2-1-3-7-4;;;;/h4,8-12,14-15,28,35H,2-3,5-7,13,16-22H2,1H3;3,6-10,12-13,22,25H,1-2,4-5,11,14-16H2;3,5-12,21H,1-2,4,13H2;2-6H2,1H3;1-3H2;4*1H4. The lowest BCUT2D eigenvalue weighted by molar-refractivity contribution is -0.166. The number of cyclic esters (lactones) is 4. The molecule has 2 saturated heterocycles. The molecule has 2 fully saturated rings. The predicted octanol–water partition coefficient (Wildman–Crippen LogP) is 19.9. The minimum Gasteiger partial charge on any atom is -0.465 e. The Labute approximate surface area is 704 Å². The van der Waals surface area contributed by atoms with Crippen molar-refractivity contribution >= 4 is 110 Å². The first-order valence-corrected chi connectivity index (χ1v) is 40.3. The van der Waals surface area contributed by atoms with Crippen LogP contribution in [-0.2, 0) is 98.5 Å². The number of hydrogen-bond acceptors (Lipinski definition) is 22. The SMILES string of the molecule is C.C.C.C.CC(CO)(COC(=O)OCCCOC(=O)OCCCCc1ccc2c3c1C=CC1=CC=CC(=CC2)C13)C(=O)OCCCCl.CC1(C(=O)OCCCCl)COC(=O)OC1.O=C(OCCCO)OCCCCc1ccc2c3c1C=CC1=CC=CC(=CC2)C13.O=C1OCCCO1.OCCCCc1ccc2ccc3cccc4ccc1c2c34.